The van der Waals surface area contributed by atoms with Gasteiger partial charge in [0.15, 0.2) is 0 Å². The third-order valence-corrected chi connectivity index (χ3v) is 8.74. The summed E-state index contributed by atoms with van der Waals surface area (Å²) >= 11 is 6.63. The van der Waals surface area contributed by atoms with Crippen LogP contribution in [0.3, 0.4) is 0 Å². The van der Waals surface area contributed by atoms with Crippen LogP contribution in [0.5, 0.6) is 5.75 Å². The largest absolute Gasteiger partial charge is 0.495 e. The number of hydrogen-bond acceptors (Lipinski definition) is 7. The molecular weight excluding hydrogens is 550 g/mol. The number of aromatic nitrogens is 4. The summed E-state index contributed by atoms with van der Waals surface area (Å²) in [6, 6.07) is 13.4. The molecule has 1 unspecified atom stereocenters. The lowest BCUT2D eigenvalue weighted by molar-refractivity contribution is 0.0912. The number of piperidine rings is 1. The molecule has 1 atom stereocenters. The predicted octanol–water partition coefficient (Wildman–Crippen LogP) is 5.82. The summed E-state index contributed by atoms with van der Waals surface area (Å²) in [5.41, 5.74) is 6.95. The molecule has 1 saturated heterocycles. The van der Waals surface area contributed by atoms with Crippen LogP contribution >= 0.6 is 11.6 Å². The van der Waals surface area contributed by atoms with Crippen molar-refractivity contribution in [1.82, 2.24) is 30.0 Å². The molecule has 2 aliphatic rings. The van der Waals surface area contributed by atoms with Gasteiger partial charge in [0.2, 0.25) is 5.95 Å². The van der Waals surface area contributed by atoms with Crippen LogP contribution in [-0.4, -0.2) is 63.3 Å². The average molecular weight is 586 g/mol. The van der Waals surface area contributed by atoms with Crippen LogP contribution in [0.15, 0.2) is 48.7 Å². The van der Waals surface area contributed by atoms with Gasteiger partial charge in [0.1, 0.15) is 5.75 Å². The highest BCUT2D eigenvalue weighted by atomic mass is 35.5. The summed E-state index contributed by atoms with van der Waals surface area (Å²) in [7, 11) is 3.54. The van der Waals surface area contributed by atoms with E-state index in [9.17, 15) is 4.79 Å². The molecule has 1 fully saturated rings. The minimum Gasteiger partial charge on any atom is -0.495 e. The lowest BCUT2D eigenvalue weighted by atomic mass is 9.85. The molecule has 1 aliphatic carbocycles. The minimum absolute atomic E-state index is 0.0926. The van der Waals surface area contributed by atoms with Gasteiger partial charge in [-0.2, -0.15) is 5.10 Å². The lowest BCUT2D eigenvalue weighted by Gasteiger charge is -2.31. The number of ether oxygens (including phenoxy) is 1. The predicted molar refractivity (Wildman–Crippen MR) is 166 cm³/mol. The van der Waals surface area contributed by atoms with E-state index in [4.69, 9.17) is 26.4 Å². The van der Waals surface area contributed by atoms with E-state index in [1.165, 1.54) is 0 Å². The van der Waals surface area contributed by atoms with Crippen molar-refractivity contribution in [3.8, 4) is 28.3 Å². The van der Waals surface area contributed by atoms with E-state index in [0.717, 1.165) is 72.7 Å². The molecule has 1 amide bonds. The lowest BCUT2D eigenvalue weighted by Crippen LogP contribution is -2.44. The number of fused-ring (bicyclic) bond motifs is 3. The summed E-state index contributed by atoms with van der Waals surface area (Å²) in [6.45, 7) is 7.40. The van der Waals surface area contributed by atoms with Gasteiger partial charge in [-0.1, -0.05) is 43.6 Å². The number of likely N-dealkylation sites (tertiary alicyclic amines) is 1. The van der Waals surface area contributed by atoms with Crippen LogP contribution in [0.4, 0.5) is 11.6 Å². The van der Waals surface area contributed by atoms with Crippen molar-refractivity contribution in [1.29, 1.82) is 0 Å². The zero-order chi connectivity index (χ0) is 29.4. The maximum atomic E-state index is 13.0. The van der Waals surface area contributed by atoms with Crippen LogP contribution in [0.25, 0.3) is 22.5 Å². The second-order valence-corrected chi connectivity index (χ2v) is 11.5. The Kier molecular flexibility index (Phi) is 7.88. The first-order valence-electron chi connectivity index (χ1n) is 14.5. The number of hydrogen-bond donors (Lipinski definition) is 2. The Morgan fingerprint density at radius 2 is 1.95 bits per heavy atom. The highest BCUT2D eigenvalue weighted by Crippen LogP contribution is 2.45. The molecule has 2 N–H and O–H groups in total. The zero-order valence-corrected chi connectivity index (χ0v) is 25.2. The van der Waals surface area contributed by atoms with Crippen molar-refractivity contribution < 1.29 is 9.53 Å². The SMILES string of the molecule is CCN1CCC(NC(=O)c2ccc(Nc3ncc4c(n3)-c3c(nn(C)c3-c3ccccc3Cl)CC4C)c(OC)c2)CC1. The first-order valence-corrected chi connectivity index (χ1v) is 14.9. The van der Waals surface area contributed by atoms with E-state index in [0.29, 0.717) is 28.0 Å². The number of methoxy groups -OCH3 is 1. The smallest absolute Gasteiger partial charge is 0.251 e. The van der Waals surface area contributed by atoms with Gasteiger partial charge in [0.25, 0.3) is 5.91 Å². The molecule has 2 aromatic carbocycles. The molecule has 6 rings (SSSR count). The maximum Gasteiger partial charge on any atom is 0.251 e. The zero-order valence-electron chi connectivity index (χ0n) is 24.4. The molecule has 9 nitrogen and oxygen atoms in total. The van der Waals surface area contributed by atoms with Crippen LogP contribution in [0.2, 0.25) is 5.02 Å². The number of rotatable bonds is 7. The number of nitrogens with one attached hydrogen (secondary N) is 2. The number of anilines is 2. The normalized spacial score (nSPS) is 16.9. The van der Waals surface area contributed by atoms with E-state index < -0.39 is 0 Å². The van der Waals surface area contributed by atoms with Crippen LogP contribution < -0.4 is 15.4 Å². The van der Waals surface area contributed by atoms with Crippen molar-refractivity contribution in [2.45, 2.75) is 45.1 Å². The van der Waals surface area contributed by atoms with E-state index >= 15 is 0 Å². The Morgan fingerprint density at radius 1 is 1.17 bits per heavy atom. The average Bonchev–Trinajstić information content (AvgIpc) is 3.33. The van der Waals surface area contributed by atoms with Crippen molar-refractivity contribution in [3.05, 3.63) is 70.5 Å². The molecule has 0 radical (unpaired) electrons. The van der Waals surface area contributed by atoms with Crippen molar-refractivity contribution >= 4 is 29.1 Å². The van der Waals surface area contributed by atoms with Gasteiger partial charge < -0.3 is 20.3 Å². The summed E-state index contributed by atoms with van der Waals surface area (Å²) in [5, 5.41) is 12.0. The quantitative estimate of drug-likeness (QED) is 0.282. The van der Waals surface area contributed by atoms with Crippen molar-refractivity contribution in [3.63, 3.8) is 0 Å². The molecule has 0 spiro atoms. The molecule has 42 heavy (non-hydrogen) atoms. The highest BCUT2D eigenvalue weighted by Gasteiger charge is 2.31. The van der Waals surface area contributed by atoms with E-state index in [2.05, 4.69) is 34.4 Å². The molecule has 4 aromatic rings. The van der Waals surface area contributed by atoms with E-state index in [-0.39, 0.29) is 17.9 Å². The number of halogens is 1. The van der Waals surface area contributed by atoms with Gasteiger partial charge >= 0.3 is 0 Å². The second-order valence-electron chi connectivity index (χ2n) is 11.1. The summed E-state index contributed by atoms with van der Waals surface area (Å²) in [6.07, 6.45) is 4.61. The second kappa shape index (κ2) is 11.7. The molecule has 1 aliphatic heterocycles. The third-order valence-electron chi connectivity index (χ3n) is 8.41. The molecule has 3 heterocycles. The maximum absolute atomic E-state index is 13.0. The van der Waals surface area contributed by atoms with Crippen LogP contribution in [0.1, 0.15) is 54.2 Å². The number of carbonyl (C=O) groups excluding carboxylic acids is 1. The topological polar surface area (TPSA) is 97.2 Å². The molecule has 218 valence electrons. The molecule has 0 saturated carbocycles. The van der Waals surface area contributed by atoms with Gasteiger partial charge in [0, 0.05) is 59.7 Å². The molecular formula is C32H36ClN7O2. The summed E-state index contributed by atoms with van der Waals surface area (Å²) in [4.78, 5) is 25.1. The fraction of sp³-hybridized carbons (Fsp3) is 0.375. The third kappa shape index (κ3) is 5.34. The van der Waals surface area contributed by atoms with Gasteiger partial charge in [0.05, 0.1) is 29.9 Å². The Labute approximate surface area is 251 Å². The summed E-state index contributed by atoms with van der Waals surface area (Å²) in [5.74, 6) is 1.10. The van der Waals surface area contributed by atoms with Gasteiger partial charge in [-0.15, -0.1) is 0 Å². The molecule has 0 bridgehead atoms. The van der Waals surface area contributed by atoms with Gasteiger partial charge in [-0.3, -0.25) is 9.48 Å². The Balaban J connectivity index is 1.28. The van der Waals surface area contributed by atoms with Gasteiger partial charge in [-0.25, -0.2) is 9.97 Å². The van der Waals surface area contributed by atoms with E-state index in [1.54, 1.807) is 19.2 Å². The van der Waals surface area contributed by atoms with Crippen molar-refractivity contribution in [2.75, 3.05) is 32.1 Å². The van der Waals surface area contributed by atoms with Gasteiger partial charge in [-0.05, 0) is 56.0 Å². The Morgan fingerprint density at radius 3 is 2.69 bits per heavy atom. The standard InChI is InChI=1S/C32H36ClN7O2/c1-5-40-14-12-21(13-15-40)35-31(41)20-10-11-25(27(17-20)42-4)36-32-34-18-23-19(2)16-26-28(29(23)37-32)30(39(3)38-26)22-8-6-7-9-24(22)33/h6-11,17-19,21H,5,12-16H2,1-4H3,(H,35,41)(H,34,36,37). The number of carbonyl (C=O) groups is 1. The number of benzene rings is 2. The monoisotopic (exact) mass is 585 g/mol. The molecule has 10 heteroatoms. The Hall–Kier alpha value is -3.95. The number of aryl methyl sites for hydroxylation is 1. The summed E-state index contributed by atoms with van der Waals surface area (Å²) < 4.78 is 7.57. The minimum atomic E-state index is -0.0926. The van der Waals surface area contributed by atoms with Crippen LogP contribution in [0, 0.1) is 0 Å². The fourth-order valence-corrected chi connectivity index (χ4v) is 6.29. The van der Waals surface area contributed by atoms with E-state index in [1.807, 2.05) is 48.3 Å². The molecule has 2 aromatic heterocycles. The highest BCUT2D eigenvalue weighted by molar-refractivity contribution is 6.33. The number of amides is 1. The van der Waals surface area contributed by atoms with Crippen molar-refractivity contribution in [2.24, 2.45) is 7.05 Å². The fourth-order valence-electron chi connectivity index (χ4n) is 6.06. The number of nitrogens with zero attached hydrogens (tertiary/aromatic N) is 5. The van der Waals surface area contributed by atoms with Crippen LogP contribution in [-0.2, 0) is 13.5 Å². The first-order chi connectivity index (χ1) is 20.4. The first kappa shape index (κ1) is 28.2. The Bertz CT molecular complexity index is 1630.